The molecule has 3 rings (SSSR count). The highest BCUT2D eigenvalue weighted by atomic mass is 16.4. The van der Waals surface area contributed by atoms with Gasteiger partial charge in [-0.05, 0) is 13.8 Å². The molecule has 45 heavy (non-hydrogen) atoms. The van der Waals surface area contributed by atoms with E-state index >= 15 is 0 Å². The molecular formula is C40H78O5. The molecule has 0 saturated heterocycles. The Balaban J connectivity index is -0.000000488. The SMILES string of the molecule is C1CCCCCCCCC1.C1CCCCCCCCC1.C1CCCCCCCCC1.C=C(C)C(=O)O.C=C(C)C(=O)O.COC. The largest absolute Gasteiger partial charge is 0.478 e. The van der Waals surface area contributed by atoms with E-state index < -0.39 is 11.9 Å². The predicted octanol–water partition coefficient (Wildman–Crippen LogP) is 13.3. The normalized spacial score (nSPS) is 18.4. The van der Waals surface area contributed by atoms with E-state index in [1.807, 2.05) is 0 Å². The molecule has 0 aromatic heterocycles. The van der Waals surface area contributed by atoms with Crippen LogP contribution in [0.25, 0.3) is 0 Å². The summed E-state index contributed by atoms with van der Waals surface area (Å²) in [6.07, 6.45) is 45.0. The van der Waals surface area contributed by atoms with E-state index in [9.17, 15) is 9.59 Å². The van der Waals surface area contributed by atoms with Gasteiger partial charge >= 0.3 is 11.9 Å². The van der Waals surface area contributed by atoms with Gasteiger partial charge in [0.2, 0.25) is 0 Å². The van der Waals surface area contributed by atoms with Crippen LogP contribution in [0.15, 0.2) is 24.3 Å². The summed E-state index contributed by atoms with van der Waals surface area (Å²) in [6.45, 7) is 9.20. The van der Waals surface area contributed by atoms with E-state index in [0.717, 1.165) is 0 Å². The number of hydrogen-bond acceptors (Lipinski definition) is 3. The highest BCUT2D eigenvalue weighted by molar-refractivity contribution is 5.85. The summed E-state index contributed by atoms with van der Waals surface area (Å²) in [7, 11) is 3.25. The summed E-state index contributed by atoms with van der Waals surface area (Å²) in [5.74, 6) is -1.87. The third-order valence-corrected chi connectivity index (χ3v) is 8.23. The highest BCUT2D eigenvalue weighted by Gasteiger charge is 1.98. The van der Waals surface area contributed by atoms with E-state index in [0.29, 0.717) is 0 Å². The second kappa shape index (κ2) is 42.4. The zero-order valence-electron chi connectivity index (χ0n) is 30.7. The van der Waals surface area contributed by atoms with Gasteiger partial charge in [0.1, 0.15) is 0 Å². The molecule has 0 bridgehead atoms. The monoisotopic (exact) mass is 639 g/mol. The van der Waals surface area contributed by atoms with Crippen molar-refractivity contribution in [2.45, 2.75) is 206 Å². The summed E-state index contributed by atoms with van der Waals surface area (Å²) < 4.78 is 4.25. The molecule has 3 aliphatic rings. The first-order valence-electron chi connectivity index (χ1n) is 18.9. The predicted molar refractivity (Wildman–Crippen MR) is 196 cm³/mol. The van der Waals surface area contributed by atoms with E-state index in [1.54, 1.807) is 14.2 Å². The van der Waals surface area contributed by atoms with Gasteiger partial charge in [0, 0.05) is 25.4 Å². The van der Waals surface area contributed by atoms with E-state index in [1.165, 1.54) is 206 Å². The maximum absolute atomic E-state index is 9.60. The van der Waals surface area contributed by atoms with Crippen molar-refractivity contribution in [3.63, 3.8) is 0 Å². The maximum atomic E-state index is 9.60. The Morgan fingerprint density at radius 1 is 0.356 bits per heavy atom. The van der Waals surface area contributed by atoms with Gasteiger partial charge in [-0.15, -0.1) is 0 Å². The Bertz CT molecular complexity index is 447. The lowest BCUT2D eigenvalue weighted by molar-refractivity contribution is -0.133. The number of aliphatic carboxylic acids is 2. The van der Waals surface area contributed by atoms with Gasteiger partial charge in [-0.3, -0.25) is 0 Å². The fourth-order valence-electron chi connectivity index (χ4n) is 5.30. The lowest BCUT2D eigenvalue weighted by atomic mass is 10.0. The molecule has 3 fully saturated rings. The first-order chi connectivity index (χ1) is 21.7. The van der Waals surface area contributed by atoms with Gasteiger partial charge in [-0.2, -0.15) is 0 Å². The molecule has 5 nitrogen and oxygen atoms in total. The summed E-state index contributed by atoms with van der Waals surface area (Å²) >= 11 is 0. The Morgan fingerprint density at radius 2 is 0.400 bits per heavy atom. The third-order valence-electron chi connectivity index (χ3n) is 8.23. The van der Waals surface area contributed by atoms with Crippen molar-refractivity contribution in [2.24, 2.45) is 0 Å². The summed E-state index contributed by atoms with van der Waals surface area (Å²) in [6, 6.07) is 0. The van der Waals surface area contributed by atoms with Crippen LogP contribution in [-0.2, 0) is 14.3 Å². The molecule has 5 heteroatoms. The van der Waals surface area contributed by atoms with Crippen molar-refractivity contribution in [3.8, 4) is 0 Å². The van der Waals surface area contributed by atoms with Crippen molar-refractivity contribution in [1.82, 2.24) is 0 Å². The van der Waals surface area contributed by atoms with Crippen LogP contribution in [-0.4, -0.2) is 36.4 Å². The van der Waals surface area contributed by atoms with Crippen LogP contribution in [0.3, 0.4) is 0 Å². The molecule has 0 aromatic rings. The fourth-order valence-corrected chi connectivity index (χ4v) is 5.30. The van der Waals surface area contributed by atoms with Crippen LogP contribution in [0.2, 0.25) is 0 Å². The molecule has 0 radical (unpaired) electrons. The Labute approximate surface area is 281 Å². The Morgan fingerprint density at radius 3 is 0.422 bits per heavy atom. The molecule has 2 N–H and O–H groups in total. The first-order valence-corrected chi connectivity index (χ1v) is 18.9. The number of carboxylic acid groups (broad SMARTS) is 2. The summed E-state index contributed by atoms with van der Waals surface area (Å²) in [5, 5.41) is 15.8. The van der Waals surface area contributed by atoms with Crippen LogP contribution < -0.4 is 0 Å². The van der Waals surface area contributed by atoms with Crippen molar-refractivity contribution in [3.05, 3.63) is 24.3 Å². The van der Waals surface area contributed by atoms with E-state index in [2.05, 4.69) is 17.9 Å². The molecule has 0 amide bonds. The number of hydrogen-bond donors (Lipinski definition) is 2. The minimum atomic E-state index is -0.935. The second-order valence-corrected chi connectivity index (χ2v) is 13.2. The summed E-state index contributed by atoms with van der Waals surface area (Å²) in [5.41, 5.74) is 0.352. The average Bonchev–Trinajstić information content (AvgIpc) is 3.03. The molecule has 3 saturated carbocycles. The van der Waals surface area contributed by atoms with Gasteiger partial charge in [0.25, 0.3) is 0 Å². The molecule has 268 valence electrons. The molecule has 0 heterocycles. The number of methoxy groups -OCH3 is 1. The minimum Gasteiger partial charge on any atom is -0.478 e. The number of carbonyl (C=O) groups is 2. The molecule has 0 aliphatic heterocycles. The third kappa shape index (κ3) is 52.2. The maximum Gasteiger partial charge on any atom is 0.330 e. The average molecular weight is 639 g/mol. The number of ether oxygens (including phenoxy) is 1. The van der Waals surface area contributed by atoms with Gasteiger partial charge in [0.05, 0.1) is 0 Å². The zero-order chi connectivity index (χ0) is 34.2. The number of carboxylic acids is 2. The molecular weight excluding hydrogens is 560 g/mol. The van der Waals surface area contributed by atoms with Crippen molar-refractivity contribution in [2.75, 3.05) is 14.2 Å². The topological polar surface area (TPSA) is 83.8 Å². The Kier molecular flexibility index (Phi) is 45.0. The molecule has 0 atom stereocenters. The van der Waals surface area contributed by atoms with E-state index in [4.69, 9.17) is 10.2 Å². The van der Waals surface area contributed by atoms with Gasteiger partial charge in [0.15, 0.2) is 0 Å². The summed E-state index contributed by atoms with van der Waals surface area (Å²) in [4.78, 5) is 19.2. The van der Waals surface area contributed by atoms with Gasteiger partial charge in [-0.1, -0.05) is 206 Å². The molecule has 3 aliphatic carbocycles. The van der Waals surface area contributed by atoms with Crippen LogP contribution in [0.5, 0.6) is 0 Å². The lowest BCUT2D eigenvalue weighted by Gasteiger charge is -2.05. The first kappa shape index (κ1) is 47.8. The van der Waals surface area contributed by atoms with Crippen molar-refractivity contribution < 1.29 is 24.5 Å². The smallest absolute Gasteiger partial charge is 0.330 e. The van der Waals surface area contributed by atoms with E-state index in [-0.39, 0.29) is 11.1 Å². The van der Waals surface area contributed by atoms with Crippen LogP contribution in [0.1, 0.15) is 206 Å². The van der Waals surface area contributed by atoms with Crippen LogP contribution in [0, 0.1) is 0 Å². The molecule has 0 unspecified atom stereocenters. The van der Waals surface area contributed by atoms with Crippen LogP contribution >= 0.6 is 0 Å². The zero-order valence-corrected chi connectivity index (χ0v) is 30.7. The van der Waals surface area contributed by atoms with Crippen molar-refractivity contribution in [1.29, 1.82) is 0 Å². The van der Waals surface area contributed by atoms with Crippen molar-refractivity contribution >= 4 is 11.9 Å². The fraction of sp³-hybridized carbons (Fsp3) is 0.850. The molecule has 0 aromatic carbocycles. The Hall–Kier alpha value is -1.62. The molecule has 0 spiro atoms. The second-order valence-electron chi connectivity index (χ2n) is 13.2. The van der Waals surface area contributed by atoms with Crippen LogP contribution in [0.4, 0.5) is 0 Å². The quantitative estimate of drug-likeness (QED) is 0.294. The lowest BCUT2D eigenvalue weighted by Crippen LogP contribution is -1.92. The number of rotatable bonds is 2. The van der Waals surface area contributed by atoms with Gasteiger partial charge < -0.3 is 14.9 Å². The minimum absolute atomic E-state index is 0.176. The van der Waals surface area contributed by atoms with Gasteiger partial charge in [-0.25, -0.2) is 9.59 Å². The highest BCUT2D eigenvalue weighted by Crippen LogP contribution is 2.17. The standard InChI is InChI=1S/3C10H20.2C4H6O2.C2H6O/c3*1-2-4-6-8-10-9-7-5-3-1;2*1-3(2)4(5)6;1-3-2/h3*1-10H2;2*1H2,2H3,(H,5,6);1-2H3.